The van der Waals surface area contributed by atoms with Crippen LogP contribution in [0, 0.1) is 6.92 Å². The van der Waals surface area contributed by atoms with Crippen LogP contribution in [0.1, 0.15) is 39.6 Å². The Morgan fingerprint density at radius 2 is 1.76 bits per heavy atom. The van der Waals surface area contributed by atoms with E-state index < -0.39 is 24.4 Å². The molecule has 0 saturated carbocycles. The minimum atomic E-state index is -0.659. The summed E-state index contributed by atoms with van der Waals surface area (Å²) in [5, 5.41) is 5.79. The van der Waals surface area contributed by atoms with Crippen molar-refractivity contribution in [2.45, 2.75) is 20.8 Å². The van der Waals surface area contributed by atoms with E-state index in [4.69, 9.17) is 18.6 Å². The highest BCUT2D eigenvalue weighted by Crippen LogP contribution is 2.31. The molecule has 0 bridgehead atoms. The third-order valence-corrected chi connectivity index (χ3v) is 5.38. The Kier molecular flexibility index (Phi) is 8.09. The summed E-state index contributed by atoms with van der Waals surface area (Å²) in [6, 6.07) is 9.80. The molecule has 2 N–H and O–H groups in total. The number of carbonyl (C=O) groups excluding carboxylic acids is 3. The molecule has 0 aliphatic carbocycles. The average molecular weight is 473 g/mol. The van der Waals surface area contributed by atoms with Gasteiger partial charge in [0.2, 0.25) is 0 Å². The van der Waals surface area contributed by atoms with Crippen LogP contribution in [0.15, 0.2) is 47.1 Å². The smallest absolute Gasteiger partial charge is 0.349 e. The lowest BCUT2D eigenvalue weighted by Crippen LogP contribution is -2.20. The van der Waals surface area contributed by atoms with Crippen LogP contribution < -0.4 is 20.1 Å². The van der Waals surface area contributed by atoms with Gasteiger partial charge >= 0.3 is 5.97 Å². The zero-order valence-corrected chi connectivity index (χ0v) is 19.2. The fourth-order valence-electron chi connectivity index (χ4n) is 2.85. The molecule has 0 radical (unpaired) electrons. The number of carbonyl (C=O) groups is 3. The van der Waals surface area contributed by atoms with Crippen LogP contribution in [-0.2, 0) is 9.53 Å². The largest absolute Gasteiger partial charge is 0.490 e. The van der Waals surface area contributed by atoms with Gasteiger partial charge in [-0.05, 0) is 56.7 Å². The third-order valence-electron chi connectivity index (χ3n) is 4.25. The van der Waals surface area contributed by atoms with Crippen LogP contribution >= 0.6 is 11.3 Å². The molecule has 0 unspecified atom stereocenters. The Morgan fingerprint density at radius 1 is 1.00 bits per heavy atom. The molecule has 0 saturated heterocycles. The van der Waals surface area contributed by atoms with Crippen LogP contribution in [0.5, 0.6) is 11.5 Å². The summed E-state index contributed by atoms with van der Waals surface area (Å²) in [5.41, 5.74) is 1.10. The van der Waals surface area contributed by atoms with Gasteiger partial charge in [0.25, 0.3) is 11.8 Å². The fourth-order valence-corrected chi connectivity index (χ4v) is 3.81. The summed E-state index contributed by atoms with van der Waals surface area (Å²) in [6.45, 7) is 5.88. The molecule has 2 heterocycles. The monoisotopic (exact) mass is 472 g/mol. The molecule has 2 aromatic heterocycles. The SMILES string of the molecule is CCOc1ccc(NC(=O)COC(=O)c2sc(NC(=O)c3ccco3)cc2C)cc1OCC. The Labute approximate surface area is 194 Å². The van der Waals surface area contributed by atoms with Crippen molar-refractivity contribution in [1.29, 1.82) is 0 Å². The lowest BCUT2D eigenvalue weighted by atomic mass is 10.2. The number of rotatable bonds is 10. The van der Waals surface area contributed by atoms with E-state index in [0.29, 0.717) is 41.0 Å². The number of nitrogens with one attached hydrogen (secondary N) is 2. The van der Waals surface area contributed by atoms with Crippen molar-refractivity contribution < 1.29 is 33.0 Å². The van der Waals surface area contributed by atoms with Gasteiger partial charge in [0.15, 0.2) is 23.9 Å². The summed E-state index contributed by atoms with van der Waals surface area (Å²) in [5.74, 6) is -0.353. The van der Waals surface area contributed by atoms with Crippen LogP contribution in [0.25, 0.3) is 0 Å². The molecule has 0 aliphatic rings. The normalized spacial score (nSPS) is 10.4. The van der Waals surface area contributed by atoms with Gasteiger partial charge in [-0.3, -0.25) is 9.59 Å². The predicted octanol–water partition coefficient (Wildman–Crippen LogP) is 4.49. The molecular formula is C23H24N2O7S. The van der Waals surface area contributed by atoms with Crippen molar-refractivity contribution in [2.24, 2.45) is 0 Å². The van der Waals surface area contributed by atoms with Gasteiger partial charge in [-0.1, -0.05) is 0 Å². The zero-order chi connectivity index (χ0) is 23.8. The van der Waals surface area contributed by atoms with Crippen molar-refractivity contribution in [3.8, 4) is 11.5 Å². The molecule has 2 amide bonds. The molecule has 3 rings (SSSR count). The molecule has 10 heteroatoms. The number of benzene rings is 1. The van der Waals surface area contributed by atoms with Crippen molar-refractivity contribution in [2.75, 3.05) is 30.5 Å². The number of hydrogen-bond acceptors (Lipinski definition) is 8. The molecule has 33 heavy (non-hydrogen) atoms. The first-order valence-corrected chi connectivity index (χ1v) is 11.0. The summed E-state index contributed by atoms with van der Waals surface area (Å²) < 4.78 is 21.2. The lowest BCUT2D eigenvalue weighted by Gasteiger charge is -2.13. The van der Waals surface area contributed by atoms with Crippen LogP contribution in [-0.4, -0.2) is 37.6 Å². The molecule has 0 aliphatic heterocycles. The van der Waals surface area contributed by atoms with Crippen molar-refractivity contribution in [3.05, 3.63) is 58.9 Å². The first-order valence-electron chi connectivity index (χ1n) is 10.2. The quantitative estimate of drug-likeness (QED) is 0.418. The van der Waals surface area contributed by atoms with E-state index in [-0.39, 0.29) is 10.6 Å². The van der Waals surface area contributed by atoms with Crippen LogP contribution in [0.2, 0.25) is 0 Å². The van der Waals surface area contributed by atoms with E-state index in [1.165, 1.54) is 12.3 Å². The minimum absolute atomic E-state index is 0.156. The van der Waals surface area contributed by atoms with Crippen molar-refractivity contribution in [1.82, 2.24) is 0 Å². The number of amides is 2. The average Bonchev–Trinajstić information content (AvgIpc) is 3.44. The van der Waals surface area contributed by atoms with Gasteiger partial charge < -0.3 is 29.3 Å². The zero-order valence-electron chi connectivity index (χ0n) is 18.4. The van der Waals surface area contributed by atoms with Gasteiger partial charge in [0.1, 0.15) is 4.88 Å². The van der Waals surface area contributed by atoms with Crippen molar-refractivity contribution in [3.63, 3.8) is 0 Å². The van der Waals surface area contributed by atoms with E-state index in [2.05, 4.69) is 10.6 Å². The summed E-state index contributed by atoms with van der Waals surface area (Å²) in [7, 11) is 0. The highest BCUT2D eigenvalue weighted by atomic mass is 32.1. The van der Waals surface area contributed by atoms with Gasteiger partial charge in [-0.2, -0.15) is 0 Å². The van der Waals surface area contributed by atoms with E-state index in [1.54, 1.807) is 37.3 Å². The Hall–Kier alpha value is -3.79. The summed E-state index contributed by atoms with van der Waals surface area (Å²) >= 11 is 1.05. The maximum absolute atomic E-state index is 12.4. The fraction of sp³-hybridized carbons (Fsp3) is 0.261. The molecule has 0 spiro atoms. The minimum Gasteiger partial charge on any atom is -0.490 e. The van der Waals surface area contributed by atoms with E-state index in [9.17, 15) is 14.4 Å². The van der Waals surface area contributed by atoms with E-state index >= 15 is 0 Å². The van der Waals surface area contributed by atoms with E-state index in [1.807, 2.05) is 13.8 Å². The lowest BCUT2D eigenvalue weighted by molar-refractivity contribution is -0.119. The van der Waals surface area contributed by atoms with Gasteiger partial charge in [0.05, 0.1) is 24.5 Å². The number of furan rings is 1. The first-order chi connectivity index (χ1) is 15.9. The molecule has 1 aromatic carbocycles. The second-order valence-corrected chi connectivity index (χ2v) is 7.76. The Bertz CT molecular complexity index is 1120. The maximum atomic E-state index is 12.4. The number of hydrogen-bond donors (Lipinski definition) is 2. The van der Waals surface area contributed by atoms with Gasteiger partial charge in [-0.15, -0.1) is 11.3 Å². The first kappa shape index (κ1) is 23.9. The van der Waals surface area contributed by atoms with Gasteiger partial charge in [0, 0.05) is 11.8 Å². The Morgan fingerprint density at radius 3 is 2.45 bits per heavy atom. The topological polar surface area (TPSA) is 116 Å². The second kappa shape index (κ2) is 11.2. The molecule has 174 valence electrons. The van der Waals surface area contributed by atoms with Gasteiger partial charge in [-0.25, -0.2) is 4.79 Å². The number of esters is 1. The molecule has 9 nitrogen and oxygen atoms in total. The molecular weight excluding hydrogens is 448 g/mol. The standard InChI is InChI=1S/C23H24N2O7S/c1-4-29-16-9-8-15(12-18(16)30-5-2)24-19(26)13-32-23(28)21-14(3)11-20(33-21)25-22(27)17-7-6-10-31-17/h6-12H,4-5,13H2,1-3H3,(H,24,26)(H,25,27). The summed E-state index contributed by atoms with van der Waals surface area (Å²) in [4.78, 5) is 37.1. The number of ether oxygens (including phenoxy) is 3. The maximum Gasteiger partial charge on any atom is 0.349 e. The molecule has 0 atom stereocenters. The van der Waals surface area contributed by atoms with E-state index in [0.717, 1.165) is 11.3 Å². The predicted molar refractivity (Wildman–Crippen MR) is 123 cm³/mol. The third kappa shape index (κ3) is 6.36. The highest BCUT2D eigenvalue weighted by Gasteiger charge is 2.19. The number of thiophene rings is 1. The second-order valence-electron chi connectivity index (χ2n) is 6.71. The highest BCUT2D eigenvalue weighted by molar-refractivity contribution is 7.18. The number of aryl methyl sites for hydroxylation is 1. The summed E-state index contributed by atoms with van der Waals surface area (Å²) in [6.07, 6.45) is 1.40. The molecule has 3 aromatic rings. The van der Waals surface area contributed by atoms with Crippen LogP contribution in [0.3, 0.4) is 0 Å². The molecule has 0 fully saturated rings. The van der Waals surface area contributed by atoms with Crippen molar-refractivity contribution >= 4 is 39.8 Å². The Balaban J connectivity index is 1.56. The number of anilines is 2. The van der Waals surface area contributed by atoms with Crippen LogP contribution in [0.4, 0.5) is 10.7 Å².